The second kappa shape index (κ2) is 5.32. The molecule has 0 unspecified atom stereocenters. The van der Waals surface area contributed by atoms with Gasteiger partial charge >= 0.3 is 0 Å². The van der Waals surface area contributed by atoms with E-state index in [0.717, 1.165) is 21.3 Å². The lowest BCUT2D eigenvalue weighted by Crippen LogP contribution is -1.96. The van der Waals surface area contributed by atoms with Gasteiger partial charge in [-0.15, -0.1) is 0 Å². The van der Waals surface area contributed by atoms with Gasteiger partial charge in [-0.05, 0) is 48.4 Å². The topological polar surface area (TPSA) is 9.23 Å². The fourth-order valence-electron chi connectivity index (χ4n) is 1.50. The van der Waals surface area contributed by atoms with E-state index in [0.29, 0.717) is 6.61 Å². The van der Waals surface area contributed by atoms with Crippen molar-refractivity contribution < 1.29 is 9.13 Å². The molecule has 0 N–H and O–H groups in total. The van der Waals surface area contributed by atoms with E-state index in [1.54, 1.807) is 6.07 Å². The first-order valence-electron chi connectivity index (χ1n) is 5.28. The molecular formula is C14H12BrFO. The van der Waals surface area contributed by atoms with Crippen molar-refractivity contribution in [3.8, 4) is 5.75 Å². The minimum absolute atomic E-state index is 0.238. The monoisotopic (exact) mass is 294 g/mol. The molecule has 88 valence electrons. The summed E-state index contributed by atoms with van der Waals surface area (Å²) < 4.78 is 19.6. The van der Waals surface area contributed by atoms with Crippen LogP contribution in [0.15, 0.2) is 46.9 Å². The Kier molecular flexibility index (Phi) is 3.79. The molecule has 0 aliphatic heterocycles. The Bertz CT molecular complexity index is 525. The van der Waals surface area contributed by atoms with E-state index in [-0.39, 0.29) is 5.82 Å². The molecule has 0 saturated heterocycles. The Morgan fingerprint density at radius 1 is 1.18 bits per heavy atom. The maximum Gasteiger partial charge on any atom is 0.123 e. The van der Waals surface area contributed by atoms with Gasteiger partial charge < -0.3 is 4.74 Å². The molecule has 2 aromatic rings. The Labute approximate surface area is 108 Å². The molecule has 0 aliphatic carbocycles. The van der Waals surface area contributed by atoms with Gasteiger partial charge in [0.1, 0.15) is 18.2 Å². The van der Waals surface area contributed by atoms with Crippen molar-refractivity contribution in [3.63, 3.8) is 0 Å². The van der Waals surface area contributed by atoms with Crippen LogP contribution in [0.3, 0.4) is 0 Å². The zero-order valence-electron chi connectivity index (χ0n) is 9.41. The van der Waals surface area contributed by atoms with Crippen molar-refractivity contribution in [2.24, 2.45) is 0 Å². The van der Waals surface area contributed by atoms with Crippen LogP contribution in [0.1, 0.15) is 11.1 Å². The number of ether oxygens (including phenoxy) is 1. The third-order valence-electron chi connectivity index (χ3n) is 2.42. The molecule has 0 saturated carbocycles. The number of halogens is 2. The normalized spacial score (nSPS) is 10.3. The highest BCUT2D eigenvalue weighted by molar-refractivity contribution is 9.10. The maximum absolute atomic E-state index is 12.9. The summed E-state index contributed by atoms with van der Waals surface area (Å²) in [4.78, 5) is 0. The quantitative estimate of drug-likeness (QED) is 0.811. The van der Waals surface area contributed by atoms with Crippen molar-refractivity contribution in [2.45, 2.75) is 13.5 Å². The Morgan fingerprint density at radius 3 is 2.71 bits per heavy atom. The number of aryl methyl sites for hydroxylation is 1. The molecule has 0 fully saturated rings. The van der Waals surface area contributed by atoms with E-state index in [1.165, 1.54) is 12.1 Å². The highest BCUT2D eigenvalue weighted by Gasteiger charge is 2.00. The second-order valence-electron chi connectivity index (χ2n) is 3.83. The van der Waals surface area contributed by atoms with Crippen LogP contribution < -0.4 is 4.74 Å². The van der Waals surface area contributed by atoms with Crippen LogP contribution >= 0.6 is 15.9 Å². The molecule has 0 bridgehead atoms. The summed E-state index contributed by atoms with van der Waals surface area (Å²) in [6.07, 6.45) is 0. The first-order valence-corrected chi connectivity index (χ1v) is 6.08. The van der Waals surface area contributed by atoms with E-state index in [9.17, 15) is 4.39 Å². The van der Waals surface area contributed by atoms with Crippen LogP contribution in [0.4, 0.5) is 4.39 Å². The van der Waals surface area contributed by atoms with Crippen molar-refractivity contribution in [3.05, 3.63) is 63.9 Å². The molecule has 0 atom stereocenters. The van der Waals surface area contributed by atoms with Gasteiger partial charge in [0.2, 0.25) is 0 Å². The van der Waals surface area contributed by atoms with Gasteiger partial charge in [0.05, 0.1) is 0 Å². The molecule has 0 radical (unpaired) electrons. The first kappa shape index (κ1) is 12.1. The zero-order valence-corrected chi connectivity index (χ0v) is 11.0. The van der Waals surface area contributed by atoms with Gasteiger partial charge in [0.15, 0.2) is 0 Å². The van der Waals surface area contributed by atoms with Crippen LogP contribution in [-0.2, 0) is 6.61 Å². The Morgan fingerprint density at radius 2 is 2.00 bits per heavy atom. The third-order valence-corrected chi connectivity index (χ3v) is 3.31. The summed E-state index contributed by atoms with van der Waals surface area (Å²) in [7, 11) is 0. The van der Waals surface area contributed by atoms with Crippen molar-refractivity contribution in [1.29, 1.82) is 0 Å². The van der Waals surface area contributed by atoms with Gasteiger partial charge in [0.25, 0.3) is 0 Å². The average molecular weight is 295 g/mol. The van der Waals surface area contributed by atoms with E-state index in [1.807, 2.05) is 31.2 Å². The summed E-state index contributed by atoms with van der Waals surface area (Å²) in [5.74, 6) is 0.549. The molecule has 1 nitrogen and oxygen atoms in total. The summed E-state index contributed by atoms with van der Waals surface area (Å²) in [5.41, 5.74) is 1.94. The fourth-order valence-corrected chi connectivity index (χ4v) is 1.75. The molecule has 0 amide bonds. The van der Waals surface area contributed by atoms with E-state index >= 15 is 0 Å². The van der Waals surface area contributed by atoms with Crippen molar-refractivity contribution in [1.82, 2.24) is 0 Å². The van der Waals surface area contributed by atoms with Crippen molar-refractivity contribution in [2.75, 3.05) is 0 Å². The average Bonchev–Trinajstić information content (AvgIpc) is 2.31. The first-order chi connectivity index (χ1) is 8.15. The summed E-state index contributed by atoms with van der Waals surface area (Å²) >= 11 is 3.43. The summed E-state index contributed by atoms with van der Waals surface area (Å²) in [6.45, 7) is 2.37. The van der Waals surface area contributed by atoms with Gasteiger partial charge in [-0.25, -0.2) is 4.39 Å². The molecular weight excluding hydrogens is 283 g/mol. The number of rotatable bonds is 3. The zero-order chi connectivity index (χ0) is 12.3. The van der Waals surface area contributed by atoms with Crippen LogP contribution in [-0.4, -0.2) is 0 Å². The van der Waals surface area contributed by atoms with Gasteiger partial charge in [-0.2, -0.15) is 0 Å². The largest absolute Gasteiger partial charge is 0.489 e. The summed E-state index contributed by atoms with van der Waals surface area (Å²) in [5, 5.41) is 0. The predicted octanol–water partition coefficient (Wildman–Crippen LogP) is 4.48. The molecule has 0 heterocycles. The summed E-state index contributed by atoms with van der Waals surface area (Å²) in [6, 6.07) is 12.2. The molecule has 0 aliphatic rings. The fraction of sp³-hybridized carbons (Fsp3) is 0.143. The Balaban J connectivity index is 2.05. The SMILES string of the molecule is Cc1cc(OCc2cccc(F)c2)ccc1Br. The van der Waals surface area contributed by atoms with Crippen molar-refractivity contribution >= 4 is 15.9 Å². The van der Waals surface area contributed by atoms with Crippen LogP contribution in [0.5, 0.6) is 5.75 Å². The standard InChI is InChI=1S/C14H12BrFO/c1-10-7-13(5-6-14(10)15)17-9-11-3-2-4-12(16)8-11/h2-8H,9H2,1H3. The molecule has 0 aromatic heterocycles. The Hall–Kier alpha value is -1.35. The van der Waals surface area contributed by atoms with Crippen LogP contribution in [0, 0.1) is 12.7 Å². The smallest absolute Gasteiger partial charge is 0.123 e. The predicted molar refractivity (Wildman–Crippen MR) is 69.6 cm³/mol. The molecule has 17 heavy (non-hydrogen) atoms. The van der Waals surface area contributed by atoms with E-state index in [2.05, 4.69) is 15.9 Å². The minimum atomic E-state index is -0.238. The maximum atomic E-state index is 12.9. The third kappa shape index (κ3) is 3.30. The highest BCUT2D eigenvalue weighted by Crippen LogP contribution is 2.22. The van der Waals surface area contributed by atoms with Gasteiger partial charge in [-0.3, -0.25) is 0 Å². The van der Waals surface area contributed by atoms with E-state index in [4.69, 9.17) is 4.74 Å². The van der Waals surface area contributed by atoms with Crippen LogP contribution in [0.2, 0.25) is 0 Å². The number of benzene rings is 2. The van der Waals surface area contributed by atoms with Gasteiger partial charge in [0, 0.05) is 4.47 Å². The lowest BCUT2D eigenvalue weighted by Gasteiger charge is -2.08. The highest BCUT2D eigenvalue weighted by atomic mass is 79.9. The molecule has 2 aromatic carbocycles. The molecule has 3 heteroatoms. The number of hydrogen-bond acceptors (Lipinski definition) is 1. The van der Waals surface area contributed by atoms with Gasteiger partial charge in [-0.1, -0.05) is 28.1 Å². The second-order valence-corrected chi connectivity index (χ2v) is 4.68. The molecule has 2 rings (SSSR count). The van der Waals surface area contributed by atoms with Crippen LogP contribution in [0.25, 0.3) is 0 Å². The molecule has 0 spiro atoms. The lowest BCUT2D eigenvalue weighted by molar-refractivity contribution is 0.305. The lowest BCUT2D eigenvalue weighted by atomic mass is 10.2. The van der Waals surface area contributed by atoms with E-state index < -0.39 is 0 Å². The minimum Gasteiger partial charge on any atom is -0.489 e. The number of hydrogen-bond donors (Lipinski definition) is 0.